The summed E-state index contributed by atoms with van der Waals surface area (Å²) in [5, 5.41) is 15.0. The molecule has 3 N–H and O–H groups in total. The maximum absolute atomic E-state index is 11.7. The van der Waals surface area contributed by atoms with Gasteiger partial charge in [0.05, 0.1) is 18.6 Å². The summed E-state index contributed by atoms with van der Waals surface area (Å²) in [5.74, 6) is 0.169. The molecule has 0 radical (unpaired) electrons. The lowest BCUT2D eigenvalue weighted by Gasteiger charge is -2.24. The highest BCUT2D eigenvalue weighted by molar-refractivity contribution is 5.79. The van der Waals surface area contributed by atoms with Crippen LogP contribution in [0.3, 0.4) is 0 Å². The van der Waals surface area contributed by atoms with Crippen LogP contribution < -0.4 is 10.6 Å². The zero-order valence-electron chi connectivity index (χ0n) is 8.75. The SMILES string of the molecule is CCC(CO)NC(=O)C1CCCNC1. The monoisotopic (exact) mass is 200 g/mol. The largest absolute Gasteiger partial charge is 0.394 e. The maximum atomic E-state index is 11.7. The first-order valence-corrected chi connectivity index (χ1v) is 5.39. The molecule has 1 amide bonds. The molecule has 0 spiro atoms. The molecule has 1 saturated heterocycles. The Bertz CT molecular complexity index is 175. The summed E-state index contributed by atoms with van der Waals surface area (Å²) in [7, 11) is 0. The Morgan fingerprint density at radius 1 is 1.71 bits per heavy atom. The molecule has 0 aromatic carbocycles. The molecule has 1 aliphatic rings. The predicted molar refractivity (Wildman–Crippen MR) is 54.9 cm³/mol. The quantitative estimate of drug-likeness (QED) is 0.592. The molecule has 1 heterocycles. The van der Waals surface area contributed by atoms with E-state index < -0.39 is 0 Å². The zero-order chi connectivity index (χ0) is 10.4. The van der Waals surface area contributed by atoms with Crippen molar-refractivity contribution in [3.8, 4) is 0 Å². The van der Waals surface area contributed by atoms with Crippen LogP contribution in [0, 0.1) is 5.92 Å². The van der Waals surface area contributed by atoms with Crippen molar-refractivity contribution in [1.82, 2.24) is 10.6 Å². The summed E-state index contributed by atoms with van der Waals surface area (Å²) in [6, 6.07) is -0.0792. The van der Waals surface area contributed by atoms with Gasteiger partial charge < -0.3 is 15.7 Å². The highest BCUT2D eigenvalue weighted by atomic mass is 16.3. The lowest BCUT2D eigenvalue weighted by atomic mass is 9.98. The van der Waals surface area contributed by atoms with Crippen molar-refractivity contribution in [2.24, 2.45) is 5.92 Å². The van der Waals surface area contributed by atoms with Crippen molar-refractivity contribution < 1.29 is 9.90 Å². The number of piperidine rings is 1. The van der Waals surface area contributed by atoms with E-state index in [0.717, 1.165) is 32.4 Å². The zero-order valence-corrected chi connectivity index (χ0v) is 8.75. The molecule has 14 heavy (non-hydrogen) atoms. The van der Waals surface area contributed by atoms with Crippen LogP contribution in [0.4, 0.5) is 0 Å². The molecule has 82 valence electrons. The third kappa shape index (κ3) is 3.27. The molecular formula is C10H20N2O2. The Balaban J connectivity index is 2.32. The molecule has 2 unspecified atom stereocenters. The molecule has 0 saturated carbocycles. The van der Waals surface area contributed by atoms with Gasteiger partial charge in [-0.15, -0.1) is 0 Å². The second-order valence-electron chi connectivity index (χ2n) is 3.84. The van der Waals surface area contributed by atoms with Gasteiger partial charge in [-0.2, -0.15) is 0 Å². The first-order chi connectivity index (χ1) is 6.77. The van der Waals surface area contributed by atoms with Gasteiger partial charge >= 0.3 is 0 Å². The molecule has 2 atom stereocenters. The Morgan fingerprint density at radius 3 is 3.00 bits per heavy atom. The minimum absolute atomic E-state index is 0.0301. The smallest absolute Gasteiger partial charge is 0.224 e. The third-order valence-electron chi connectivity index (χ3n) is 2.73. The van der Waals surface area contributed by atoms with Crippen molar-refractivity contribution in [2.75, 3.05) is 19.7 Å². The Morgan fingerprint density at radius 2 is 2.50 bits per heavy atom. The van der Waals surface area contributed by atoms with Crippen LogP contribution in [0.15, 0.2) is 0 Å². The normalized spacial score (nSPS) is 24.3. The molecular weight excluding hydrogens is 180 g/mol. The Kier molecular flexibility index (Phi) is 4.90. The van der Waals surface area contributed by atoms with Crippen LogP contribution in [0.25, 0.3) is 0 Å². The van der Waals surface area contributed by atoms with Gasteiger partial charge in [0.1, 0.15) is 0 Å². The Labute approximate surface area is 85.1 Å². The molecule has 0 aromatic heterocycles. The van der Waals surface area contributed by atoms with Gasteiger partial charge in [-0.25, -0.2) is 0 Å². The number of carbonyl (C=O) groups is 1. The van der Waals surface area contributed by atoms with Gasteiger partial charge in [0.15, 0.2) is 0 Å². The summed E-state index contributed by atoms with van der Waals surface area (Å²) in [6.07, 6.45) is 2.80. The van der Waals surface area contributed by atoms with Gasteiger partial charge in [-0.3, -0.25) is 4.79 Å². The van der Waals surface area contributed by atoms with Crippen LogP contribution in [0.2, 0.25) is 0 Å². The third-order valence-corrected chi connectivity index (χ3v) is 2.73. The number of aliphatic hydroxyl groups excluding tert-OH is 1. The summed E-state index contributed by atoms with van der Waals surface area (Å²) < 4.78 is 0. The first-order valence-electron chi connectivity index (χ1n) is 5.39. The topological polar surface area (TPSA) is 61.4 Å². The standard InChI is InChI=1S/C10H20N2O2/c1-2-9(7-13)12-10(14)8-4-3-5-11-6-8/h8-9,11,13H,2-7H2,1H3,(H,12,14). The molecule has 4 heteroatoms. The van der Waals surface area contributed by atoms with E-state index in [1.807, 2.05) is 6.92 Å². The minimum atomic E-state index is -0.0792. The second-order valence-corrected chi connectivity index (χ2v) is 3.84. The van der Waals surface area contributed by atoms with Crippen LogP contribution in [0.1, 0.15) is 26.2 Å². The Hall–Kier alpha value is -0.610. The first kappa shape index (κ1) is 11.5. The molecule has 0 aromatic rings. The van der Waals surface area contributed by atoms with Crippen molar-refractivity contribution in [3.63, 3.8) is 0 Å². The molecule has 1 fully saturated rings. The van der Waals surface area contributed by atoms with Crippen LogP contribution in [-0.2, 0) is 4.79 Å². The summed E-state index contributed by atoms with van der Waals surface area (Å²) >= 11 is 0. The minimum Gasteiger partial charge on any atom is -0.394 e. The summed E-state index contributed by atoms with van der Waals surface area (Å²) in [5.41, 5.74) is 0. The van der Waals surface area contributed by atoms with E-state index >= 15 is 0 Å². The van der Waals surface area contributed by atoms with E-state index in [1.165, 1.54) is 0 Å². The number of rotatable bonds is 4. The van der Waals surface area contributed by atoms with Crippen LogP contribution in [-0.4, -0.2) is 36.8 Å². The van der Waals surface area contributed by atoms with Gasteiger partial charge in [-0.1, -0.05) is 6.92 Å². The maximum Gasteiger partial charge on any atom is 0.224 e. The van der Waals surface area contributed by atoms with E-state index in [0.29, 0.717) is 0 Å². The number of hydrogen-bond acceptors (Lipinski definition) is 3. The predicted octanol–water partition coefficient (Wildman–Crippen LogP) is -0.127. The van der Waals surface area contributed by atoms with Gasteiger partial charge in [0.25, 0.3) is 0 Å². The number of hydrogen-bond donors (Lipinski definition) is 3. The second kappa shape index (κ2) is 5.98. The van der Waals surface area contributed by atoms with Gasteiger partial charge in [-0.05, 0) is 25.8 Å². The molecule has 0 bridgehead atoms. The van der Waals surface area contributed by atoms with Crippen LogP contribution >= 0.6 is 0 Å². The molecule has 1 rings (SSSR count). The van der Waals surface area contributed by atoms with E-state index in [2.05, 4.69) is 10.6 Å². The van der Waals surface area contributed by atoms with E-state index in [1.54, 1.807) is 0 Å². The highest BCUT2D eigenvalue weighted by Gasteiger charge is 2.22. The lowest BCUT2D eigenvalue weighted by molar-refractivity contribution is -0.126. The molecule has 1 aliphatic heterocycles. The molecule has 4 nitrogen and oxygen atoms in total. The fourth-order valence-corrected chi connectivity index (χ4v) is 1.67. The molecule has 0 aliphatic carbocycles. The van der Waals surface area contributed by atoms with E-state index in [-0.39, 0.29) is 24.5 Å². The van der Waals surface area contributed by atoms with Crippen molar-refractivity contribution in [2.45, 2.75) is 32.2 Å². The van der Waals surface area contributed by atoms with Crippen molar-refractivity contribution >= 4 is 5.91 Å². The van der Waals surface area contributed by atoms with E-state index in [9.17, 15) is 4.79 Å². The average molecular weight is 200 g/mol. The van der Waals surface area contributed by atoms with E-state index in [4.69, 9.17) is 5.11 Å². The average Bonchev–Trinajstić information content (AvgIpc) is 2.26. The lowest BCUT2D eigenvalue weighted by Crippen LogP contribution is -2.45. The highest BCUT2D eigenvalue weighted by Crippen LogP contribution is 2.10. The van der Waals surface area contributed by atoms with Crippen LogP contribution in [0.5, 0.6) is 0 Å². The fourth-order valence-electron chi connectivity index (χ4n) is 1.67. The summed E-state index contributed by atoms with van der Waals surface area (Å²) in [6.45, 7) is 3.78. The fraction of sp³-hybridized carbons (Fsp3) is 0.900. The summed E-state index contributed by atoms with van der Waals surface area (Å²) in [4.78, 5) is 11.7. The number of aliphatic hydroxyl groups is 1. The van der Waals surface area contributed by atoms with Gasteiger partial charge in [0, 0.05) is 6.54 Å². The number of nitrogens with one attached hydrogen (secondary N) is 2. The van der Waals surface area contributed by atoms with Crippen molar-refractivity contribution in [3.05, 3.63) is 0 Å². The number of amides is 1. The van der Waals surface area contributed by atoms with Crippen molar-refractivity contribution in [1.29, 1.82) is 0 Å². The number of carbonyl (C=O) groups excluding carboxylic acids is 1. The van der Waals surface area contributed by atoms with Gasteiger partial charge in [0.2, 0.25) is 5.91 Å².